The van der Waals surface area contributed by atoms with Crippen LogP contribution in [0, 0.1) is 0 Å². The van der Waals surface area contributed by atoms with Crippen LogP contribution in [0.4, 0.5) is 0 Å². The molecule has 21 heavy (non-hydrogen) atoms. The molecule has 0 saturated carbocycles. The minimum atomic E-state index is 0.101. The molecule has 0 bridgehead atoms. The Morgan fingerprint density at radius 3 is 2.86 bits per heavy atom. The Hall–Kier alpha value is -2.07. The Kier molecular flexibility index (Phi) is 3.80. The zero-order valence-electron chi connectivity index (χ0n) is 12.0. The number of ether oxygens (including phenoxy) is 1. The van der Waals surface area contributed by atoms with Gasteiger partial charge in [-0.2, -0.15) is 0 Å². The van der Waals surface area contributed by atoms with E-state index in [1.165, 1.54) is 0 Å². The van der Waals surface area contributed by atoms with Gasteiger partial charge in [-0.1, -0.05) is 6.07 Å². The zero-order chi connectivity index (χ0) is 14.8. The maximum atomic E-state index is 6.08. The van der Waals surface area contributed by atoms with E-state index in [1.807, 2.05) is 30.5 Å². The van der Waals surface area contributed by atoms with E-state index >= 15 is 0 Å². The predicted molar refractivity (Wildman–Crippen MR) is 83.9 cm³/mol. The molecule has 1 unspecified atom stereocenters. The molecule has 0 fully saturated rings. The van der Waals surface area contributed by atoms with E-state index in [0.717, 1.165) is 28.2 Å². The van der Waals surface area contributed by atoms with Crippen molar-refractivity contribution in [2.75, 3.05) is 7.11 Å². The van der Waals surface area contributed by atoms with Crippen molar-refractivity contribution in [2.24, 2.45) is 0 Å². The molecule has 5 heteroatoms. The van der Waals surface area contributed by atoms with E-state index < -0.39 is 0 Å². The number of pyridine rings is 1. The van der Waals surface area contributed by atoms with E-state index in [2.05, 4.69) is 27.5 Å². The van der Waals surface area contributed by atoms with Gasteiger partial charge in [0.05, 0.1) is 30.1 Å². The molecule has 0 N–H and O–H groups in total. The average Bonchev–Trinajstić information content (AvgIpc) is 2.92. The molecular formula is C16H16ClN3O. The Labute approximate surface area is 128 Å². The summed E-state index contributed by atoms with van der Waals surface area (Å²) in [5, 5.41) is 0. The quantitative estimate of drug-likeness (QED) is 0.688. The number of nitrogens with zero attached hydrogens (tertiary/aromatic N) is 3. The van der Waals surface area contributed by atoms with Gasteiger partial charge in [0.15, 0.2) is 0 Å². The summed E-state index contributed by atoms with van der Waals surface area (Å²) < 4.78 is 7.46. The van der Waals surface area contributed by atoms with Crippen LogP contribution in [-0.2, 0) is 5.88 Å². The third kappa shape index (κ3) is 2.47. The van der Waals surface area contributed by atoms with Crippen LogP contribution in [0.3, 0.4) is 0 Å². The molecule has 0 spiro atoms. The van der Waals surface area contributed by atoms with Crippen molar-refractivity contribution in [3.05, 3.63) is 54.1 Å². The lowest BCUT2D eigenvalue weighted by atomic mass is 10.1. The van der Waals surface area contributed by atoms with Crippen LogP contribution in [0.15, 0.2) is 42.7 Å². The number of methoxy groups -OCH3 is 1. The maximum Gasteiger partial charge on any atom is 0.125 e. The van der Waals surface area contributed by atoms with Crippen molar-refractivity contribution in [3.63, 3.8) is 0 Å². The van der Waals surface area contributed by atoms with Gasteiger partial charge in [-0.15, -0.1) is 11.6 Å². The number of rotatable bonds is 4. The first kappa shape index (κ1) is 13.9. The number of hydrogen-bond acceptors (Lipinski definition) is 3. The molecule has 4 nitrogen and oxygen atoms in total. The molecule has 0 radical (unpaired) electrons. The monoisotopic (exact) mass is 301 g/mol. The summed E-state index contributed by atoms with van der Waals surface area (Å²) in [5.74, 6) is 2.01. The third-order valence-electron chi connectivity index (χ3n) is 3.64. The standard InChI is InChI=1S/C16H16ClN3O/c1-11(12-4-3-7-18-10-12)20-15-8-13(21-2)5-6-14(15)19-16(20)9-17/h3-8,10-11H,9H2,1-2H3. The summed E-state index contributed by atoms with van der Waals surface area (Å²) in [6, 6.07) is 9.95. The highest BCUT2D eigenvalue weighted by molar-refractivity contribution is 6.16. The highest BCUT2D eigenvalue weighted by Gasteiger charge is 2.17. The molecule has 1 atom stereocenters. The number of imidazole rings is 1. The average molecular weight is 302 g/mol. The van der Waals surface area contributed by atoms with Crippen molar-refractivity contribution in [1.82, 2.24) is 14.5 Å². The van der Waals surface area contributed by atoms with Gasteiger partial charge in [0, 0.05) is 18.5 Å². The largest absolute Gasteiger partial charge is 0.497 e. The minimum absolute atomic E-state index is 0.101. The van der Waals surface area contributed by atoms with Gasteiger partial charge >= 0.3 is 0 Å². The molecule has 3 rings (SSSR count). The fraction of sp³-hybridized carbons (Fsp3) is 0.250. The SMILES string of the molecule is COc1ccc2nc(CCl)n(C(C)c3cccnc3)c2c1. The molecule has 0 aliphatic heterocycles. The molecule has 0 amide bonds. The summed E-state index contributed by atoms with van der Waals surface area (Å²) in [6.07, 6.45) is 3.64. The second-order valence-electron chi connectivity index (χ2n) is 4.85. The highest BCUT2D eigenvalue weighted by Crippen LogP contribution is 2.28. The van der Waals surface area contributed by atoms with Crippen molar-refractivity contribution in [1.29, 1.82) is 0 Å². The zero-order valence-corrected chi connectivity index (χ0v) is 12.7. The first-order valence-electron chi connectivity index (χ1n) is 6.75. The van der Waals surface area contributed by atoms with Crippen LogP contribution in [-0.4, -0.2) is 21.6 Å². The van der Waals surface area contributed by atoms with Crippen LogP contribution in [0.5, 0.6) is 5.75 Å². The van der Waals surface area contributed by atoms with Crippen molar-refractivity contribution in [2.45, 2.75) is 18.8 Å². The van der Waals surface area contributed by atoms with Gasteiger partial charge in [0.1, 0.15) is 11.6 Å². The minimum Gasteiger partial charge on any atom is -0.497 e. The van der Waals surface area contributed by atoms with Crippen LogP contribution in [0.2, 0.25) is 0 Å². The van der Waals surface area contributed by atoms with Crippen molar-refractivity contribution < 1.29 is 4.74 Å². The second kappa shape index (κ2) is 5.74. The Bertz CT molecular complexity index is 755. The topological polar surface area (TPSA) is 39.9 Å². The summed E-state index contributed by atoms with van der Waals surface area (Å²) in [5.41, 5.74) is 3.05. The Balaban J connectivity index is 2.19. The fourth-order valence-electron chi connectivity index (χ4n) is 2.55. The first-order valence-corrected chi connectivity index (χ1v) is 7.28. The van der Waals surface area contributed by atoms with E-state index in [1.54, 1.807) is 13.3 Å². The number of benzene rings is 1. The van der Waals surface area contributed by atoms with Crippen LogP contribution >= 0.6 is 11.6 Å². The van der Waals surface area contributed by atoms with Crippen LogP contribution < -0.4 is 4.74 Å². The normalized spacial score (nSPS) is 12.5. The third-order valence-corrected chi connectivity index (χ3v) is 3.88. The number of alkyl halides is 1. The fourth-order valence-corrected chi connectivity index (χ4v) is 2.74. The molecule has 108 valence electrons. The number of fused-ring (bicyclic) bond motifs is 1. The Morgan fingerprint density at radius 2 is 2.19 bits per heavy atom. The molecule has 0 aliphatic carbocycles. The van der Waals surface area contributed by atoms with E-state index in [0.29, 0.717) is 5.88 Å². The molecule has 3 aromatic rings. The second-order valence-corrected chi connectivity index (χ2v) is 5.12. The number of halogens is 1. The van der Waals surface area contributed by atoms with E-state index in [-0.39, 0.29) is 6.04 Å². The maximum absolute atomic E-state index is 6.08. The van der Waals surface area contributed by atoms with Gasteiger partial charge < -0.3 is 9.30 Å². The smallest absolute Gasteiger partial charge is 0.125 e. The summed E-state index contributed by atoms with van der Waals surface area (Å²) in [4.78, 5) is 8.80. The summed E-state index contributed by atoms with van der Waals surface area (Å²) >= 11 is 6.08. The van der Waals surface area contributed by atoms with E-state index in [9.17, 15) is 0 Å². The molecule has 2 heterocycles. The van der Waals surface area contributed by atoms with Crippen molar-refractivity contribution in [3.8, 4) is 5.75 Å². The van der Waals surface area contributed by atoms with E-state index in [4.69, 9.17) is 16.3 Å². The lowest BCUT2D eigenvalue weighted by molar-refractivity contribution is 0.415. The lowest BCUT2D eigenvalue weighted by Crippen LogP contribution is -2.10. The molecule has 0 aliphatic rings. The Morgan fingerprint density at radius 1 is 1.33 bits per heavy atom. The molecule has 0 saturated heterocycles. The molecule has 1 aromatic carbocycles. The number of aromatic nitrogens is 3. The number of hydrogen-bond donors (Lipinski definition) is 0. The van der Waals surface area contributed by atoms with Gasteiger partial charge in [-0.25, -0.2) is 4.98 Å². The molecular weight excluding hydrogens is 286 g/mol. The van der Waals surface area contributed by atoms with Gasteiger partial charge in [-0.05, 0) is 30.7 Å². The summed E-state index contributed by atoms with van der Waals surface area (Å²) in [7, 11) is 1.66. The van der Waals surface area contributed by atoms with Crippen molar-refractivity contribution >= 4 is 22.6 Å². The van der Waals surface area contributed by atoms with Crippen LogP contribution in [0.1, 0.15) is 24.4 Å². The first-order chi connectivity index (χ1) is 10.2. The highest BCUT2D eigenvalue weighted by atomic mass is 35.5. The molecule has 2 aromatic heterocycles. The van der Waals surface area contributed by atoms with Crippen LogP contribution in [0.25, 0.3) is 11.0 Å². The predicted octanol–water partition coefficient (Wildman–Crippen LogP) is 3.79. The van der Waals surface area contributed by atoms with Gasteiger partial charge in [0.25, 0.3) is 0 Å². The lowest BCUT2D eigenvalue weighted by Gasteiger charge is -2.17. The summed E-state index contributed by atoms with van der Waals surface area (Å²) in [6.45, 7) is 2.12. The van der Waals surface area contributed by atoms with Gasteiger partial charge in [0.2, 0.25) is 0 Å². The van der Waals surface area contributed by atoms with Gasteiger partial charge in [-0.3, -0.25) is 4.98 Å².